The Morgan fingerprint density at radius 3 is 2.09 bits per heavy atom. The third kappa shape index (κ3) is 11.1. The third-order valence-electron chi connectivity index (χ3n) is 5.28. The van der Waals surface area contributed by atoms with Gasteiger partial charge in [0.15, 0.2) is 11.5 Å². The highest BCUT2D eigenvalue weighted by atomic mass is 16.6. The number of carbonyl (C=O) groups excluding carboxylic acids is 1. The molecule has 0 saturated carbocycles. The number of amides is 1. The van der Waals surface area contributed by atoms with Gasteiger partial charge in [-0.2, -0.15) is 0 Å². The quantitative estimate of drug-likeness (QED) is 0.189. The predicted molar refractivity (Wildman–Crippen MR) is 141 cm³/mol. The molecule has 1 amide bonds. The van der Waals surface area contributed by atoms with Crippen LogP contribution in [0.4, 0.5) is 4.79 Å². The minimum atomic E-state index is -0.584. The van der Waals surface area contributed by atoms with Crippen LogP contribution in [0.15, 0.2) is 18.7 Å². The molecule has 1 atom stereocenters. The van der Waals surface area contributed by atoms with Crippen molar-refractivity contribution in [2.75, 3.05) is 27.4 Å². The first kappa shape index (κ1) is 30.5. The van der Waals surface area contributed by atoms with E-state index in [1.807, 2.05) is 26.8 Å². The van der Waals surface area contributed by atoms with Crippen molar-refractivity contribution in [3.8, 4) is 23.0 Å². The van der Waals surface area contributed by atoms with Crippen molar-refractivity contribution in [2.45, 2.75) is 97.6 Å². The Balaban J connectivity index is 3.34. The van der Waals surface area contributed by atoms with Gasteiger partial charge in [-0.1, -0.05) is 45.6 Å². The zero-order chi connectivity index (χ0) is 26.3. The molecule has 0 saturated heterocycles. The van der Waals surface area contributed by atoms with Crippen LogP contribution in [0, 0.1) is 0 Å². The molecule has 0 aromatic heterocycles. The minimum absolute atomic E-state index is 0.244. The number of alkyl carbamates (subject to hydrolysis) is 1. The maximum absolute atomic E-state index is 12.5. The highest BCUT2D eigenvalue weighted by Gasteiger charge is 2.26. The van der Waals surface area contributed by atoms with Gasteiger partial charge in [-0.05, 0) is 52.5 Å². The van der Waals surface area contributed by atoms with Crippen LogP contribution in [-0.4, -0.2) is 45.2 Å². The topological polar surface area (TPSA) is 75.3 Å². The summed E-state index contributed by atoms with van der Waals surface area (Å²) in [7, 11) is 3.20. The molecule has 200 valence electrons. The number of ether oxygens (including phenoxy) is 5. The fourth-order valence-corrected chi connectivity index (χ4v) is 3.64. The van der Waals surface area contributed by atoms with Gasteiger partial charge in [0, 0.05) is 11.6 Å². The van der Waals surface area contributed by atoms with Crippen LogP contribution in [0.5, 0.6) is 23.0 Å². The summed E-state index contributed by atoms with van der Waals surface area (Å²) in [5.74, 6) is 2.23. The predicted octanol–water partition coefficient (Wildman–Crippen LogP) is 6.85. The van der Waals surface area contributed by atoms with Crippen LogP contribution >= 0.6 is 0 Å². The molecule has 0 aliphatic heterocycles. The number of unbranched alkanes of at least 4 members (excludes halogenated alkanes) is 4. The highest BCUT2D eigenvalue weighted by Crippen LogP contribution is 2.47. The first-order chi connectivity index (χ1) is 16.7. The van der Waals surface area contributed by atoms with Gasteiger partial charge in [0.05, 0.1) is 27.4 Å². The smallest absolute Gasteiger partial charge is 0.407 e. The summed E-state index contributed by atoms with van der Waals surface area (Å²) >= 11 is 0. The maximum Gasteiger partial charge on any atom is 0.407 e. The Hall–Kier alpha value is -2.57. The van der Waals surface area contributed by atoms with E-state index in [9.17, 15) is 4.79 Å². The number of rotatable bonds is 17. The molecule has 7 nitrogen and oxygen atoms in total. The maximum atomic E-state index is 12.5. The van der Waals surface area contributed by atoms with E-state index in [0.717, 1.165) is 44.1 Å². The molecule has 0 spiro atoms. The summed E-state index contributed by atoms with van der Waals surface area (Å²) in [5.41, 5.74) is 0.284. The van der Waals surface area contributed by atoms with Gasteiger partial charge >= 0.3 is 6.09 Å². The van der Waals surface area contributed by atoms with Crippen LogP contribution in [-0.2, 0) is 11.2 Å². The van der Waals surface area contributed by atoms with Crippen LogP contribution in [0.3, 0.4) is 0 Å². The van der Waals surface area contributed by atoms with Gasteiger partial charge in [-0.3, -0.25) is 0 Å². The van der Waals surface area contributed by atoms with Crippen LogP contribution in [0.2, 0.25) is 0 Å². The second-order valence-electron chi connectivity index (χ2n) is 9.61. The molecule has 1 N–H and O–H groups in total. The van der Waals surface area contributed by atoms with Gasteiger partial charge in [0.25, 0.3) is 0 Å². The molecule has 1 aromatic carbocycles. The Morgan fingerprint density at radius 1 is 0.971 bits per heavy atom. The second-order valence-corrected chi connectivity index (χ2v) is 9.61. The first-order valence-electron chi connectivity index (χ1n) is 12.8. The summed E-state index contributed by atoms with van der Waals surface area (Å²) < 4.78 is 29.3. The van der Waals surface area contributed by atoms with E-state index >= 15 is 0 Å². The minimum Gasteiger partial charge on any atom is -0.490 e. The van der Waals surface area contributed by atoms with E-state index in [1.54, 1.807) is 20.3 Å². The first-order valence-corrected chi connectivity index (χ1v) is 12.8. The molecule has 0 fully saturated rings. The molecule has 35 heavy (non-hydrogen) atoms. The molecular formula is C28H47NO6. The van der Waals surface area contributed by atoms with Crippen molar-refractivity contribution in [3.05, 3.63) is 24.3 Å². The van der Waals surface area contributed by atoms with Crippen molar-refractivity contribution < 1.29 is 28.5 Å². The standard InChI is InChI=1S/C28H47NO6/c1-9-12-14-17-33-23-20-21(19-22(16-11-3)29-27(30)35-28(4,5)6)24(34-18-15-13-10-2)26(32-8)25(23)31-7/h11,20,22H,3,9-10,12-19H2,1-2,4-8H3,(H,29,30). The van der Waals surface area contributed by atoms with Crippen molar-refractivity contribution in [3.63, 3.8) is 0 Å². The summed E-state index contributed by atoms with van der Waals surface area (Å²) in [5, 5.41) is 2.97. The average Bonchev–Trinajstić information content (AvgIpc) is 2.78. The van der Waals surface area contributed by atoms with Gasteiger partial charge in [0.2, 0.25) is 11.5 Å². The molecule has 1 aromatic rings. The summed E-state index contributed by atoms with van der Waals surface area (Å²) in [6, 6.07) is 1.70. The lowest BCUT2D eigenvalue weighted by molar-refractivity contribution is 0.0504. The van der Waals surface area contributed by atoms with E-state index < -0.39 is 11.7 Å². The summed E-state index contributed by atoms with van der Waals surface area (Å²) in [6.07, 6.45) is 8.63. The lowest BCUT2D eigenvalue weighted by atomic mass is 10.0. The number of benzene rings is 1. The van der Waals surface area contributed by atoms with Gasteiger partial charge in [-0.15, -0.1) is 6.58 Å². The number of hydrogen-bond acceptors (Lipinski definition) is 6. The number of carbonyl (C=O) groups is 1. The molecule has 0 aliphatic rings. The zero-order valence-corrected chi connectivity index (χ0v) is 23.0. The molecular weight excluding hydrogens is 446 g/mol. The molecule has 0 radical (unpaired) electrons. The van der Waals surface area contributed by atoms with E-state index in [1.165, 1.54) is 0 Å². The number of methoxy groups -OCH3 is 2. The Labute approximate surface area is 212 Å². The molecule has 0 bridgehead atoms. The SMILES string of the molecule is C=CCC(Cc1cc(OCCCCC)c(OC)c(OC)c1OCCCCC)NC(=O)OC(C)(C)C. The lowest BCUT2D eigenvalue weighted by Crippen LogP contribution is -2.40. The lowest BCUT2D eigenvalue weighted by Gasteiger charge is -2.25. The van der Waals surface area contributed by atoms with E-state index in [4.69, 9.17) is 23.7 Å². The average molecular weight is 494 g/mol. The fraction of sp³-hybridized carbons (Fsp3) is 0.679. The molecule has 1 rings (SSSR count). The molecule has 7 heteroatoms. The van der Waals surface area contributed by atoms with Crippen LogP contribution < -0.4 is 24.3 Å². The fourth-order valence-electron chi connectivity index (χ4n) is 3.64. The Kier molecular flexibility index (Phi) is 14.1. The molecule has 0 heterocycles. The van der Waals surface area contributed by atoms with E-state index in [-0.39, 0.29) is 6.04 Å². The highest BCUT2D eigenvalue weighted by molar-refractivity contribution is 5.68. The van der Waals surface area contributed by atoms with Gasteiger partial charge in [0.1, 0.15) is 5.60 Å². The van der Waals surface area contributed by atoms with Crippen LogP contribution in [0.1, 0.15) is 85.1 Å². The number of nitrogens with one attached hydrogen (secondary N) is 1. The second kappa shape index (κ2) is 16.2. The summed E-state index contributed by atoms with van der Waals surface area (Å²) in [6.45, 7) is 14.8. The van der Waals surface area contributed by atoms with Gasteiger partial charge in [-0.25, -0.2) is 4.79 Å². The third-order valence-corrected chi connectivity index (χ3v) is 5.28. The van der Waals surface area contributed by atoms with Crippen molar-refractivity contribution in [1.82, 2.24) is 5.32 Å². The molecule has 1 unspecified atom stereocenters. The van der Waals surface area contributed by atoms with Gasteiger partial charge < -0.3 is 29.0 Å². The number of hydrogen-bond donors (Lipinski definition) is 1. The molecule has 0 aliphatic carbocycles. The van der Waals surface area contributed by atoms with E-state index in [0.29, 0.717) is 49.1 Å². The normalized spacial score (nSPS) is 12.0. The van der Waals surface area contributed by atoms with Crippen LogP contribution in [0.25, 0.3) is 0 Å². The van der Waals surface area contributed by atoms with Crippen molar-refractivity contribution >= 4 is 6.09 Å². The van der Waals surface area contributed by atoms with Crippen molar-refractivity contribution in [1.29, 1.82) is 0 Å². The Bertz CT molecular complexity index is 772. The van der Waals surface area contributed by atoms with Crippen molar-refractivity contribution in [2.24, 2.45) is 0 Å². The largest absolute Gasteiger partial charge is 0.490 e. The monoisotopic (exact) mass is 493 g/mol. The Morgan fingerprint density at radius 2 is 1.57 bits per heavy atom. The zero-order valence-electron chi connectivity index (χ0n) is 23.0. The summed E-state index contributed by atoms with van der Waals surface area (Å²) in [4.78, 5) is 12.5. The van der Waals surface area contributed by atoms with E-state index in [2.05, 4.69) is 25.7 Å².